The van der Waals surface area contributed by atoms with E-state index >= 15 is 0 Å². The van der Waals surface area contributed by atoms with E-state index in [0.717, 1.165) is 23.8 Å². The lowest BCUT2D eigenvalue weighted by molar-refractivity contribution is 0.241. The van der Waals surface area contributed by atoms with Gasteiger partial charge in [0.15, 0.2) is 4.96 Å². The zero-order valence-electron chi connectivity index (χ0n) is 10.0. The summed E-state index contributed by atoms with van der Waals surface area (Å²) in [5, 5.41) is 2.08. The van der Waals surface area contributed by atoms with Crippen molar-refractivity contribution in [1.29, 1.82) is 0 Å². The standard InChI is InChI=1S/C13H19N3S/c14-8-11-4-2-1-3-10(11)7-12-9-16-5-6-17-13(16)15-12/h5-6,9-11H,1-4,7-8,14H2. The Kier molecular flexibility index (Phi) is 3.16. The largest absolute Gasteiger partial charge is 0.330 e. The van der Waals surface area contributed by atoms with Crippen LogP contribution in [0.3, 0.4) is 0 Å². The Morgan fingerprint density at radius 2 is 2.18 bits per heavy atom. The molecule has 1 saturated carbocycles. The number of thiazole rings is 1. The first-order valence-corrected chi connectivity index (χ1v) is 7.36. The first-order valence-electron chi connectivity index (χ1n) is 6.48. The van der Waals surface area contributed by atoms with Crippen LogP contribution in [-0.4, -0.2) is 15.9 Å². The quantitative estimate of drug-likeness (QED) is 0.909. The molecule has 3 nitrogen and oxygen atoms in total. The predicted molar refractivity (Wildman–Crippen MR) is 71.3 cm³/mol. The van der Waals surface area contributed by atoms with Crippen molar-refractivity contribution in [2.24, 2.45) is 17.6 Å². The van der Waals surface area contributed by atoms with Crippen molar-refractivity contribution in [3.05, 3.63) is 23.5 Å². The third-order valence-corrected chi connectivity index (χ3v) is 4.75. The SMILES string of the molecule is NCC1CCCCC1Cc1cn2ccsc2n1. The lowest BCUT2D eigenvalue weighted by Crippen LogP contribution is -2.28. The molecule has 2 N–H and O–H groups in total. The highest BCUT2D eigenvalue weighted by molar-refractivity contribution is 7.15. The van der Waals surface area contributed by atoms with Crippen LogP contribution in [0.25, 0.3) is 4.96 Å². The van der Waals surface area contributed by atoms with Gasteiger partial charge in [-0.2, -0.15) is 0 Å². The van der Waals surface area contributed by atoms with Crippen molar-refractivity contribution >= 4 is 16.3 Å². The second-order valence-corrected chi connectivity index (χ2v) is 5.94. The average Bonchev–Trinajstić information content (AvgIpc) is 2.90. The van der Waals surface area contributed by atoms with E-state index in [1.165, 1.54) is 31.4 Å². The molecule has 1 aliphatic carbocycles. The van der Waals surface area contributed by atoms with Crippen LogP contribution in [0.2, 0.25) is 0 Å². The molecule has 0 saturated heterocycles. The van der Waals surface area contributed by atoms with Crippen LogP contribution in [-0.2, 0) is 6.42 Å². The summed E-state index contributed by atoms with van der Waals surface area (Å²) >= 11 is 1.70. The van der Waals surface area contributed by atoms with Gasteiger partial charge in [0.2, 0.25) is 0 Å². The van der Waals surface area contributed by atoms with Crippen LogP contribution in [0, 0.1) is 11.8 Å². The number of nitrogens with two attached hydrogens (primary N) is 1. The number of rotatable bonds is 3. The molecule has 0 bridgehead atoms. The normalized spacial score (nSPS) is 25.5. The fourth-order valence-corrected chi connectivity index (χ4v) is 3.73. The molecular formula is C13H19N3S. The molecule has 2 heterocycles. The van der Waals surface area contributed by atoms with Crippen LogP contribution >= 0.6 is 11.3 Å². The van der Waals surface area contributed by atoms with Gasteiger partial charge in [0.1, 0.15) is 0 Å². The number of fused-ring (bicyclic) bond motifs is 1. The summed E-state index contributed by atoms with van der Waals surface area (Å²) in [5.41, 5.74) is 7.12. The molecule has 2 atom stereocenters. The Balaban J connectivity index is 1.74. The summed E-state index contributed by atoms with van der Waals surface area (Å²) in [7, 11) is 0. The monoisotopic (exact) mass is 249 g/mol. The van der Waals surface area contributed by atoms with E-state index < -0.39 is 0 Å². The summed E-state index contributed by atoms with van der Waals surface area (Å²) in [6.07, 6.45) is 10.7. The maximum absolute atomic E-state index is 5.88. The minimum Gasteiger partial charge on any atom is -0.330 e. The van der Waals surface area contributed by atoms with Gasteiger partial charge in [-0.25, -0.2) is 4.98 Å². The van der Waals surface area contributed by atoms with Gasteiger partial charge in [-0.05, 0) is 37.6 Å². The molecule has 2 unspecified atom stereocenters. The van der Waals surface area contributed by atoms with Crippen molar-refractivity contribution in [3.8, 4) is 0 Å². The van der Waals surface area contributed by atoms with Gasteiger partial charge in [-0.1, -0.05) is 12.8 Å². The van der Waals surface area contributed by atoms with E-state index in [4.69, 9.17) is 5.73 Å². The average molecular weight is 249 g/mol. The summed E-state index contributed by atoms with van der Waals surface area (Å²) in [6.45, 7) is 0.840. The van der Waals surface area contributed by atoms with Crippen molar-refractivity contribution in [3.63, 3.8) is 0 Å². The van der Waals surface area contributed by atoms with E-state index in [-0.39, 0.29) is 0 Å². The van der Waals surface area contributed by atoms with E-state index in [9.17, 15) is 0 Å². The molecular weight excluding hydrogens is 230 g/mol. The molecule has 0 radical (unpaired) electrons. The molecule has 0 amide bonds. The van der Waals surface area contributed by atoms with Gasteiger partial charge in [-0.3, -0.25) is 4.40 Å². The molecule has 0 spiro atoms. The highest BCUT2D eigenvalue weighted by atomic mass is 32.1. The van der Waals surface area contributed by atoms with Crippen molar-refractivity contribution in [1.82, 2.24) is 9.38 Å². The number of imidazole rings is 1. The Bertz CT molecular complexity index is 459. The van der Waals surface area contributed by atoms with Crippen LogP contribution < -0.4 is 5.73 Å². The zero-order valence-corrected chi connectivity index (χ0v) is 10.8. The topological polar surface area (TPSA) is 43.3 Å². The van der Waals surface area contributed by atoms with Gasteiger partial charge in [0.05, 0.1) is 5.69 Å². The Labute approximate surface area is 106 Å². The third kappa shape index (κ3) is 2.24. The fourth-order valence-electron chi connectivity index (χ4n) is 3.01. The molecule has 2 aromatic rings. The lowest BCUT2D eigenvalue weighted by Gasteiger charge is -2.30. The molecule has 0 aliphatic heterocycles. The van der Waals surface area contributed by atoms with Crippen LogP contribution in [0.15, 0.2) is 17.8 Å². The van der Waals surface area contributed by atoms with Crippen molar-refractivity contribution in [2.45, 2.75) is 32.1 Å². The molecule has 3 rings (SSSR count). The van der Waals surface area contributed by atoms with Gasteiger partial charge < -0.3 is 5.73 Å². The fraction of sp³-hybridized carbons (Fsp3) is 0.615. The van der Waals surface area contributed by atoms with Crippen molar-refractivity contribution < 1.29 is 0 Å². The Hall–Kier alpha value is -0.870. The van der Waals surface area contributed by atoms with E-state index in [1.807, 2.05) is 0 Å². The predicted octanol–water partition coefficient (Wildman–Crippen LogP) is 2.70. The minimum atomic E-state index is 0.712. The summed E-state index contributed by atoms with van der Waals surface area (Å²) in [6, 6.07) is 0. The van der Waals surface area contributed by atoms with E-state index in [0.29, 0.717) is 5.92 Å². The van der Waals surface area contributed by atoms with Crippen LogP contribution in [0.4, 0.5) is 0 Å². The highest BCUT2D eigenvalue weighted by Crippen LogP contribution is 2.31. The highest BCUT2D eigenvalue weighted by Gasteiger charge is 2.24. The summed E-state index contributed by atoms with van der Waals surface area (Å²) < 4.78 is 2.13. The zero-order chi connectivity index (χ0) is 11.7. The summed E-state index contributed by atoms with van der Waals surface area (Å²) in [5.74, 6) is 1.46. The first-order chi connectivity index (χ1) is 8.36. The second-order valence-electron chi connectivity index (χ2n) is 5.07. The Morgan fingerprint density at radius 1 is 1.35 bits per heavy atom. The van der Waals surface area contributed by atoms with Gasteiger partial charge >= 0.3 is 0 Å². The number of nitrogens with zero attached hydrogens (tertiary/aromatic N) is 2. The first kappa shape index (κ1) is 11.2. The lowest BCUT2D eigenvalue weighted by atomic mass is 9.77. The van der Waals surface area contributed by atoms with Gasteiger partial charge in [0.25, 0.3) is 0 Å². The minimum absolute atomic E-state index is 0.712. The number of hydrogen-bond acceptors (Lipinski definition) is 3. The number of hydrogen-bond donors (Lipinski definition) is 1. The molecule has 2 aromatic heterocycles. The molecule has 92 valence electrons. The van der Waals surface area contributed by atoms with Crippen LogP contribution in [0.5, 0.6) is 0 Å². The van der Waals surface area contributed by atoms with Crippen molar-refractivity contribution in [2.75, 3.05) is 6.54 Å². The van der Waals surface area contributed by atoms with E-state index in [2.05, 4.69) is 27.2 Å². The molecule has 17 heavy (non-hydrogen) atoms. The van der Waals surface area contributed by atoms with E-state index in [1.54, 1.807) is 11.3 Å². The van der Waals surface area contributed by atoms with Crippen LogP contribution in [0.1, 0.15) is 31.4 Å². The molecule has 4 heteroatoms. The molecule has 1 aliphatic rings. The maximum atomic E-state index is 5.88. The summed E-state index contributed by atoms with van der Waals surface area (Å²) in [4.78, 5) is 5.79. The number of aromatic nitrogens is 2. The third-order valence-electron chi connectivity index (χ3n) is 3.98. The molecule has 1 fully saturated rings. The second kappa shape index (κ2) is 4.78. The smallest absolute Gasteiger partial charge is 0.193 e. The Morgan fingerprint density at radius 3 is 2.94 bits per heavy atom. The maximum Gasteiger partial charge on any atom is 0.193 e. The van der Waals surface area contributed by atoms with Gasteiger partial charge in [0, 0.05) is 17.8 Å². The van der Waals surface area contributed by atoms with Gasteiger partial charge in [-0.15, -0.1) is 11.3 Å². The molecule has 0 aromatic carbocycles.